The van der Waals surface area contributed by atoms with E-state index in [-0.39, 0.29) is 17.5 Å². The molecule has 0 aliphatic heterocycles. The second kappa shape index (κ2) is 19.1. The molecule has 0 heterocycles. The van der Waals surface area contributed by atoms with Gasteiger partial charge in [-0.15, -0.1) is 0 Å². The summed E-state index contributed by atoms with van der Waals surface area (Å²) in [6, 6.07) is 21.2. The maximum Gasteiger partial charge on any atom is 0.320 e. The Kier molecular flexibility index (Phi) is 14.6. The van der Waals surface area contributed by atoms with Gasteiger partial charge in [0.05, 0.1) is 6.54 Å². The van der Waals surface area contributed by atoms with Crippen LogP contribution in [0.4, 0.5) is 0 Å². The van der Waals surface area contributed by atoms with E-state index in [1.807, 2.05) is 0 Å². The molecule has 5 nitrogen and oxygen atoms in total. The van der Waals surface area contributed by atoms with Crippen LogP contribution in [0.25, 0.3) is 0 Å². The highest BCUT2D eigenvalue weighted by atomic mass is 16.5. The highest BCUT2D eigenvalue weighted by Gasteiger charge is 2.59. The first-order valence-corrected chi connectivity index (χ1v) is 22.2. The Hall–Kier alpha value is -2.47. The van der Waals surface area contributed by atoms with Crippen LogP contribution in [0.15, 0.2) is 72.3 Å². The summed E-state index contributed by atoms with van der Waals surface area (Å²) in [5.74, 6) is 5.01. The van der Waals surface area contributed by atoms with Gasteiger partial charge in [0, 0.05) is 32.6 Å². The molecule has 2 aromatic carbocycles. The fraction of sp³-hybridized carbons (Fsp3) is 0.694. The molecule has 2 N–H and O–H groups in total. The summed E-state index contributed by atoms with van der Waals surface area (Å²) < 4.78 is 6.36. The van der Waals surface area contributed by atoms with Gasteiger partial charge in [-0.3, -0.25) is 14.6 Å². The zero-order valence-electron chi connectivity index (χ0n) is 34.8. The van der Waals surface area contributed by atoms with Crippen LogP contribution in [-0.4, -0.2) is 54.6 Å². The van der Waals surface area contributed by atoms with E-state index in [9.17, 15) is 4.79 Å². The topological polar surface area (TPSA) is 58.8 Å². The third kappa shape index (κ3) is 10.1. The number of fused-ring (bicyclic) bond motifs is 5. The van der Waals surface area contributed by atoms with Crippen molar-refractivity contribution in [3.63, 3.8) is 0 Å². The van der Waals surface area contributed by atoms with Gasteiger partial charge in [0.2, 0.25) is 0 Å². The van der Waals surface area contributed by atoms with Crippen LogP contribution in [0.2, 0.25) is 0 Å². The number of benzene rings is 2. The number of nitrogens with two attached hydrogens (primary N) is 1. The fourth-order valence-corrected chi connectivity index (χ4v) is 12.2. The molecule has 0 spiro atoms. The number of hydrogen-bond donors (Lipinski definition) is 1. The molecule has 4 aliphatic carbocycles. The third-order valence-electron chi connectivity index (χ3n) is 15.1. The predicted molar refractivity (Wildman–Crippen MR) is 225 cm³/mol. The molecule has 3 fully saturated rings. The lowest BCUT2D eigenvalue weighted by Gasteiger charge is -2.58. The van der Waals surface area contributed by atoms with Gasteiger partial charge < -0.3 is 10.5 Å². The summed E-state index contributed by atoms with van der Waals surface area (Å²) in [5, 5.41) is 0. The lowest BCUT2D eigenvalue weighted by Crippen LogP contribution is -2.51. The second-order valence-electron chi connectivity index (χ2n) is 19.1. The van der Waals surface area contributed by atoms with Gasteiger partial charge in [-0.25, -0.2) is 0 Å². The molecule has 0 bridgehead atoms. The van der Waals surface area contributed by atoms with Crippen LogP contribution in [0.1, 0.15) is 129 Å². The van der Waals surface area contributed by atoms with E-state index in [4.69, 9.17) is 10.5 Å². The van der Waals surface area contributed by atoms with Gasteiger partial charge in [-0.2, -0.15) is 0 Å². The van der Waals surface area contributed by atoms with Gasteiger partial charge in [0.25, 0.3) is 0 Å². The third-order valence-corrected chi connectivity index (χ3v) is 15.1. The van der Waals surface area contributed by atoms with Crippen molar-refractivity contribution in [3.05, 3.63) is 83.4 Å². The zero-order valence-corrected chi connectivity index (χ0v) is 34.8. The largest absolute Gasteiger partial charge is 0.461 e. The molecule has 4 unspecified atom stereocenters. The molecule has 0 aromatic heterocycles. The van der Waals surface area contributed by atoms with Crippen LogP contribution in [0, 0.1) is 46.3 Å². The normalized spacial score (nSPS) is 29.8. The Morgan fingerprint density at radius 2 is 1.46 bits per heavy atom. The molecule has 0 amide bonds. The minimum atomic E-state index is -0.0596. The van der Waals surface area contributed by atoms with E-state index in [0.29, 0.717) is 18.5 Å². The van der Waals surface area contributed by atoms with Crippen molar-refractivity contribution < 1.29 is 9.53 Å². The van der Waals surface area contributed by atoms with Crippen molar-refractivity contribution in [2.24, 2.45) is 52.1 Å². The summed E-state index contributed by atoms with van der Waals surface area (Å²) >= 11 is 0. The monoisotopic (exact) mass is 738 g/mol. The molecule has 8 atom stereocenters. The van der Waals surface area contributed by atoms with Crippen molar-refractivity contribution in [1.82, 2.24) is 9.80 Å². The van der Waals surface area contributed by atoms with E-state index < -0.39 is 0 Å². The molecule has 2 aromatic rings. The Labute approximate surface area is 329 Å². The Morgan fingerprint density at radius 1 is 0.796 bits per heavy atom. The standard InChI is InChI=1S/C49H75N3O2/c1-37(2)15-14-16-38(3)44-23-24-45-43-22-21-41-33-42(25-27-48(41,4)46(43)26-28-49(44,45)5)54-47(53)36-52(35-40-19-10-7-11-20-40)31-13-12-30-51(32-29-50)34-39-17-8-6-9-18-39/h6-11,17-21,37-38,42-46H,12-16,22-36,50H2,1-5H3/t38-,42?,43?,44-,45?,46?,48+,49-/m1/s1. The second-order valence-corrected chi connectivity index (χ2v) is 19.1. The van der Waals surface area contributed by atoms with E-state index in [1.165, 1.54) is 62.5 Å². The number of carbonyl (C=O) groups excluding carboxylic acids is 1. The Morgan fingerprint density at radius 3 is 2.13 bits per heavy atom. The van der Waals surface area contributed by atoms with E-state index in [1.54, 1.807) is 5.57 Å². The number of nitrogens with zero attached hydrogens (tertiary/aromatic N) is 2. The minimum Gasteiger partial charge on any atom is -0.461 e. The van der Waals surface area contributed by atoms with Crippen LogP contribution in [0.3, 0.4) is 0 Å². The van der Waals surface area contributed by atoms with Crippen LogP contribution < -0.4 is 5.73 Å². The van der Waals surface area contributed by atoms with Crippen molar-refractivity contribution in [1.29, 1.82) is 0 Å². The number of hydrogen-bond acceptors (Lipinski definition) is 5. The minimum absolute atomic E-state index is 0.00571. The average Bonchev–Trinajstić information content (AvgIpc) is 3.51. The van der Waals surface area contributed by atoms with Crippen molar-refractivity contribution in [3.8, 4) is 0 Å². The first-order valence-electron chi connectivity index (χ1n) is 22.2. The number of allylic oxidation sites excluding steroid dienone is 1. The molecular weight excluding hydrogens is 663 g/mol. The van der Waals surface area contributed by atoms with E-state index >= 15 is 0 Å². The SMILES string of the molecule is CC(C)CCC[C@@H](C)[C@H]1CCC2C3CC=C4CC(OC(=O)CN(CCCCN(CCN)Cc5ccccc5)Cc5ccccc5)CC[C@]4(C)C3CC[C@@]21C. The van der Waals surface area contributed by atoms with Gasteiger partial charge in [-0.1, -0.05) is 126 Å². The highest BCUT2D eigenvalue weighted by Crippen LogP contribution is 2.67. The van der Waals surface area contributed by atoms with Gasteiger partial charge in [0.1, 0.15) is 6.10 Å². The van der Waals surface area contributed by atoms with Crippen molar-refractivity contribution in [2.45, 2.75) is 137 Å². The Balaban J connectivity index is 1.02. The summed E-state index contributed by atoms with van der Waals surface area (Å²) in [6.45, 7) is 18.1. The number of rotatable bonds is 19. The summed E-state index contributed by atoms with van der Waals surface area (Å²) in [7, 11) is 0. The summed E-state index contributed by atoms with van der Waals surface area (Å²) in [5.41, 5.74) is 10.9. The van der Waals surface area contributed by atoms with Crippen LogP contribution >= 0.6 is 0 Å². The first-order chi connectivity index (χ1) is 26.1. The molecule has 6 rings (SSSR count). The quantitative estimate of drug-likeness (QED) is 0.0884. The summed E-state index contributed by atoms with van der Waals surface area (Å²) in [6.07, 6.45) is 18.9. The van der Waals surface area contributed by atoms with Crippen molar-refractivity contribution >= 4 is 5.97 Å². The highest BCUT2D eigenvalue weighted by molar-refractivity contribution is 5.72. The van der Waals surface area contributed by atoms with Gasteiger partial charge in [-0.05, 0) is 128 Å². The maximum atomic E-state index is 13.6. The molecule has 0 radical (unpaired) electrons. The van der Waals surface area contributed by atoms with E-state index in [2.05, 4.69) is 111 Å². The summed E-state index contributed by atoms with van der Waals surface area (Å²) in [4.78, 5) is 18.4. The zero-order chi connectivity index (χ0) is 38.1. The molecular formula is C49H75N3O2. The smallest absolute Gasteiger partial charge is 0.320 e. The molecule has 3 saturated carbocycles. The lowest BCUT2D eigenvalue weighted by molar-refractivity contribution is -0.153. The molecule has 0 saturated heterocycles. The maximum absolute atomic E-state index is 13.6. The molecule has 54 heavy (non-hydrogen) atoms. The number of ether oxygens (including phenoxy) is 1. The fourth-order valence-electron chi connectivity index (χ4n) is 12.2. The molecule has 298 valence electrons. The molecule has 4 aliphatic rings. The first kappa shape index (κ1) is 41.2. The average molecular weight is 738 g/mol. The van der Waals surface area contributed by atoms with E-state index in [0.717, 1.165) is 100 Å². The van der Waals surface area contributed by atoms with Crippen LogP contribution in [0.5, 0.6) is 0 Å². The number of carbonyl (C=O) groups is 1. The Bertz CT molecular complexity index is 1480. The molecule has 5 heteroatoms. The van der Waals surface area contributed by atoms with Crippen LogP contribution in [-0.2, 0) is 22.6 Å². The predicted octanol–water partition coefficient (Wildman–Crippen LogP) is 10.7. The van der Waals surface area contributed by atoms with Gasteiger partial charge in [0.15, 0.2) is 0 Å². The van der Waals surface area contributed by atoms with Crippen molar-refractivity contribution in [2.75, 3.05) is 32.7 Å². The lowest BCUT2D eigenvalue weighted by atomic mass is 9.47. The number of esters is 1. The number of unbranched alkanes of at least 4 members (excludes halogenated alkanes) is 1. The van der Waals surface area contributed by atoms with Gasteiger partial charge >= 0.3 is 5.97 Å².